The number of halogens is 1. The number of nitrogens with zero attached hydrogens (tertiary/aromatic N) is 1. The Morgan fingerprint density at radius 2 is 1.75 bits per heavy atom. The maximum absolute atomic E-state index is 13.2. The Hall–Kier alpha value is -2.62. The smallest absolute Gasteiger partial charge is 0.313 e. The van der Waals surface area contributed by atoms with Crippen LogP contribution < -0.4 is 15.4 Å². The largest absolute Gasteiger partial charge is 0.497 e. The van der Waals surface area contributed by atoms with Crippen molar-refractivity contribution in [3.63, 3.8) is 0 Å². The first-order chi connectivity index (χ1) is 15.3. The second-order valence-electron chi connectivity index (χ2n) is 7.45. The highest BCUT2D eigenvalue weighted by Crippen LogP contribution is 2.28. The molecule has 2 amide bonds. The van der Waals surface area contributed by atoms with E-state index in [0.29, 0.717) is 35.8 Å². The van der Waals surface area contributed by atoms with Gasteiger partial charge in [-0.3, -0.25) is 9.59 Å². The number of piperidine rings is 1. The molecule has 2 aromatic rings. The van der Waals surface area contributed by atoms with Gasteiger partial charge in [0.1, 0.15) is 5.75 Å². The van der Waals surface area contributed by atoms with Gasteiger partial charge in [0.25, 0.3) is 0 Å². The number of sulfonamides is 1. The van der Waals surface area contributed by atoms with Crippen molar-refractivity contribution in [2.75, 3.05) is 25.5 Å². The summed E-state index contributed by atoms with van der Waals surface area (Å²) < 4.78 is 32.9. The molecule has 172 valence electrons. The molecule has 8 nitrogen and oxygen atoms in total. The molecule has 1 aliphatic heterocycles. The summed E-state index contributed by atoms with van der Waals surface area (Å²) in [6.07, 6.45) is 2.80. The minimum atomic E-state index is -3.67. The highest BCUT2D eigenvalue weighted by Gasteiger charge is 2.33. The Morgan fingerprint density at radius 3 is 2.41 bits per heavy atom. The number of hydrogen-bond donors (Lipinski definition) is 2. The van der Waals surface area contributed by atoms with Crippen molar-refractivity contribution in [3.8, 4) is 5.75 Å². The number of amides is 2. The van der Waals surface area contributed by atoms with Gasteiger partial charge in [0, 0.05) is 29.8 Å². The molecule has 0 saturated carbocycles. The molecule has 0 bridgehead atoms. The minimum absolute atomic E-state index is 0.187. The highest BCUT2D eigenvalue weighted by molar-refractivity contribution is 7.89. The molecule has 0 aliphatic carbocycles. The van der Waals surface area contributed by atoms with Crippen LogP contribution in [-0.2, 0) is 19.6 Å². The van der Waals surface area contributed by atoms with Crippen molar-refractivity contribution in [1.29, 1.82) is 0 Å². The van der Waals surface area contributed by atoms with Gasteiger partial charge in [-0.15, -0.1) is 0 Å². The zero-order valence-electron chi connectivity index (χ0n) is 17.7. The van der Waals surface area contributed by atoms with E-state index in [2.05, 4.69) is 10.6 Å². The number of anilines is 1. The van der Waals surface area contributed by atoms with Crippen LogP contribution in [0.5, 0.6) is 5.75 Å². The molecule has 1 heterocycles. The number of benzene rings is 2. The zero-order valence-corrected chi connectivity index (χ0v) is 19.3. The number of carbonyl (C=O) groups excluding carboxylic acids is 2. The van der Waals surface area contributed by atoms with Crippen LogP contribution in [0.3, 0.4) is 0 Å². The van der Waals surface area contributed by atoms with Crippen LogP contribution in [0.1, 0.15) is 25.7 Å². The lowest BCUT2D eigenvalue weighted by molar-refractivity contribution is -0.136. The summed E-state index contributed by atoms with van der Waals surface area (Å²) in [5, 5.41) is 5.59. The first-order valence-electron chi connectivity index (χ1n) is 10.3. The lowest BCUT2D eigenvalue weighted by Gasteiger charge is -2.34. The number of methoxy groups -OCH3 is 1. The van der Waals surface area contributed by atoms with Gasteiger partial charge in [-0.25, -0.2) is 8.42 Å². The molecule has 0 aromatic heterocycles. The van der Waals surface area contributed by atoms with E-state index in [9.17, 15) is 18.0 Å². The van der Waals surface area contributed by atoms with Gasteiger partial charge in [0.2, 0.25) is 10.0 Å². The fourth-order valence-electron chi connectivity index (χ4n) is 3.62. The molecular formula is C22H26ClN3O5S. The Bertz CT molecular complexity index is 1040. The number of hydrogen-bond acceptors (Lipinski definition) is 5. The van der Waals surface area contributed by atoms with Crippen molar-refractivity contribution in [2.24, 2.45) is 0 Å². The number of ether oxygens (including phenoxy) is 1. The SMILES string of the molecule is COc1ccc(S(=O)(=O)N2CCCC[C@H]2CCNC(=O)C(=O)Nc2ccc(Cl)cc2)cc1. The standard InChI is InChI=1S/C22H26ClN3O5S/c1-31-19-9-11-20(12-10-19)32(29,30)26-15-3-2-4-18(26)13-14-24-21(27)22(28)25-17-7-5-16(23)6-8-17/h5-12,18H,2-4,13-15H2,1H3,(H,24,27)(H,25,28)/t18-/m0/s1. The maximum atomic E-state index is 13.2. The second kappa shape index (κ2) is 10.8. The van der Waals surface area contributed by atoms with E-state index in [-0.39, 0.29) is 17.5 Å². The van der Waals surface area contributed by atoms with Gasteiger partial charge in [-0.2, -0.15) is 4.31 Å². The van der Waals surface area contributed by atoms with E-state index in [1.165, 1.54) is 23.5 Å². The van der Waals surface area contributed by atoms with Gasteiger partial charge in [-0.05, 0) is 67.8 Å². The lowest BCUT2D eigenvalue weighted by atomic mass is 10.0. The lowest BCUT2D eigenvalue weighted by Crippen LogP contribution is -2.45. The Morgan fingerprint density at radius 1 is 1.06 bits per heavy atom. The molecule has 0 radical (unpaired) electrons. The Kier molecular flexibility index (Phi) is 8.11. The molecule has 2 N–H and O–H groups in total. The fourth-order valence-corrected chi connectivity index (χ4v) is 5.47. The second-order valence-corrected chi connectivity index (χ2v) is 9.77. The first-order valence-corrected chi connectivity index (χ1v) is 12.1. The van der Waals surface area contributed by atoms with Crippen LogP contribution in [0.15, 0.2) is 53.4 Å². The highest BCUT2D eigenvalue weighted by atomic mass is 35.5. The van der Waals surface area contributed by atoms with Crippen LogP contribution in [-0.4, -0.2) is 50.8 Å². The summed E-state index contributed by atoms with van der Waals surface area (Å²) in [7, 11) is -2.15. The molecule has 1 aliphatic rings. The monoisotopic (exact) mass is 479 g/mol. The molecule has 0 unspecified atom stereocenters. The third-order valence-corrected chi connectivity index (χ3v) is 7.53. The molecule has 32 heavy (non-hydrogen) atoms. The summed E-state index contributed by atoms with van der Waals surface area (Å²) in [5.74, 6) is -0.988. The molecule has 3 rings (SSSR count). The van der Waals surface area contributed by atoms with E-state index >= 15 is 0 Å². The minimum Gasteiger partial charge on any atom is -0.497 e. The van der Waals surface area contributed by atoms with E-state index in [1.807, 2.05) is 0 Å². The summed E-state index contributed by atoms with van der Waals surface area (Å²) in [5.41, 5.74) is 0.457. The maximum Gasteiger partial charge on any atom is 0.313 e. The van der Waals surface area contributed by atoms with E-state index < -0.39 is 21.8 Å². The molecule has 1 saturated heterocycles. The summed E-state index contributed by atoms with van der Waals surface area (Å²) in [4.78, 5) is 24.4. The summed E-state index contributed by atoms with van der Waals surface area (Å²) >= 11 is 5.81. The summed E-state index contributed by atoms with van der Waals surface area (Å²) in [6.45, 7) is 0.607. The van der Waals surface area contributed by atoms with Crippen molar-refractivity contribution >= 4 is 39.1 Å². The average molecular weight is 480 g/mol. The third kappa shape index (κ3) is 5.99. The van der Waals surface area contributed by atoms with Crippen LogP contribution in [0.25, 0.3) is 0 Å². The number of rotatable bonds is 7. The fraction of sp³-hybridized carbons (Fsp3) is 0.364. The molecule has 10 heteroatoms. The van der Waals surface area contributed by atoms with Gasteiger partial charge >= 0.3 is 11.8 Å². The van der Waals surface area contributed by atoms with Crippen LogP contribution in [0.2, 0.25) is 5.02 Å². The van der Waals surface area contributed by atoms with E-state index in [1.54, 1.807) is 36.4 Å². The average Bonchev–Trinajstić information content (AvgIpc) is 2.80. The zero-order chi connectivity index (χ0) is 23.1. The molecule has 0 spiro atoms. The molecular weight excluding hydrogens is 454 g/mol. The normalized spacial score (nSPS) is 16.9. The van der Waals surface area contributed by atoms with Gasteiger partial charge < -0.3 is 15.4 Å². The Labute approximate surface area is 192 Å². The first kappa shape index (κ1) is 24.0. The van der Waals surface area contributed by atoms with Crippen molar-refractivity contribution in [1.82, 2.24) is 9.62 Å². The number of carbonyl (C=O) groups is 2. The van der Waals surface area contributed by atoms with Gasteiger partial charge in [-0.1, -0.05) is 18.0 Å². The Balaban J connectivity index is 1.57. The van der Waals surface area contributed by atoms with Gasteiger partial charge in [0.05, 0.1) is 12.0 Å². The van der Waals surface area contributed by atoms with E-state index in [0.717, 1.165) is 12.8 Å². The molecule has 2 aromatic carbocycles. The quantitative estimate of drug-likeness (QED) is 0.594. The van der Waals surface area contributed by atoms with Crippen LogP contribution in [0.4, 0.5) is 5.69 Å². The van der Waals surface area contributed by atoms with Crippen molar-refractivity contribution in [3.05, 3.63) is 53.6 Å². The molecule has 1 fully saturated rings. The predicted molar refractivity (Wildman–Crippen MR) is 122 cm³/mol. The van der Waals surface area contributed by atoms with Crippen LogP contribution in [0, 0.1) is 0 Å². The van der Waals surface area contributed by atoms with Crippen molar-refractivity contribution in [2.45, 2.75) is 36.6 Å². The predicted octanol–water partition coefficient (Wildman–Crippen LogP) is 3.04. The molecule has 1 atom stereocenters. The third-order valence-electron chi connectivity index (χ3n) is 5.31. The summed E-state index contributed by atoms with van der Waals surface area (Å²) in [6, 6.07) is 12.4. The van der Waals surface area contributed by atoms with Gasteiger partial charge in [0.15, 0.2) is 0 Å². The topological polar surface area (TPSA) is 105 Å². The van der Waals surface area contributed by atoms with Crippen LogP contribution >= 0.6 is 11.6 Å². The number of nitrogens with one attached hydrogen (secondary N) is 2. The van der Waals surface area contributed by atoms with E-state index in [4.69, 9.17) is 16.3 Å². The van der Waals surface area contributed by atoms with Crippen molar-refractivity contribution < 1.29 is 22.7 Å².